The van der Waals surface area contributed by atoms with E-state index in [2.05, 4.69) is 13.8 Å². The Bertz CT molecular complexity index is 715. The Morgan fingerprint density at radius 3 is 2.44 bits per heavy atom. The number of piperidine rings is 1. The molecule has 0 saturated carbocycles. The number of rotatable bonds is 6. The maximum Gasteiger partial charge on any atom is 0.410 e. The van der Waals surface area contributed by atoms with Crippen molar-refractivity contribution in [2.75, 3.05) is 26.2 Å². The van der Waals surface area contributed by atoms with Gasteiger partial charge < -0.3 is 19.1 Å². The summed E-state index contributed by atoms with van der Waals surface area (Å²) in [7, 11) is 1.75. The molecular formula is C20H29N3O4. The number of ether oxygens (including phenoxy) is 1. The molecular weight excluding hydrogens is 346 g/mol. The number of carbonyl (C=O) groups is 3. The summed E-state index contributed by atoms with van der Waals surface area (Å²) in [6, 6.07) is 3.40. The first-order valence-corrected chi connectivity index (χ1v) is 9.82. The Kier molecular flexibility index (Phi) is 5.58. The van der Waals surface area contributed by atoms with Crippen molar-refractivity contribution in [1.29, 1.82) is 0 Å². The molecule has 27 heavy (non-hydrogen) atoms. The van der Waals surface area contributed by atoms with Gasteiger partial charge in [-0.15, -0.1) is 0 Å². The van der Waals surface area contributed by atoms with E-state index in [-0.39, 0.29) is 6.09 Å². The van der Waals surface area contributed by atoms with Crippen LogP contribution in [0.15, 0.2) is 18.3 Å². The van der Waals surface area contributed by atoms with Crippen molar-refractivity contribution in [2.24, 2.45) is 13.0 Å². The second kappa shape index (κ2) is 7.74. The molecule has 2 saturated heterocycles. The molecule has 0 aromatic carbocycles. The molecule has 1 spiro atoms. The van der Waals surface area contributed by atoms with Gasteiger partial charge in [0.2, 0.25) is 0 Å². The van der Waals surface area contributed by atoms with Crippen LogP contribution in [0.1, 0.15) is 50.0 Å². The number of aryl methyl sites for hydroxylation is 1. The highest BCUT2D eigenvalue weighted by molar-refractivity contribution is 6.42. The van der Waals surface area contributed by atoms with Crippen molar-refractivity contribution in [1.82, 2.24) is 14.4 Å². The summed E-state index contributed by atoms with van der Waals surface area (Å²) in [5.74, 6) is -0.487. The van der Waals surface area contributed by atoms with Crippen LogP contribution >= 0.6 is 0 Å². The average Bonchev–Trinajstić information content (AvgIpc) is 3.22. The maximum absolute atomic E-state index is 12.5. The predicted molar refractivity (Wildman–Crippen MR) is 100 cm³/mol. The second-order valence-corrected chi connectivity index (χ2v) is 7.74. The number of hydrogen-bond donors (Lipinski definition) is 0. The third kappa shape index (κ3) is 3.87. The first-order chi connectivity index (χ1) is 12.9. The summed E-state index contributed by atoms with van der Waals surface area (Å²) < 4.78 is 7.39. The Morgan fingerprint density at radius 2 is 1.89 bits per heavy atom. The van der Waals surface area contributed by atoms with Gasteiger partial charge in [0.15, 0.2) is 0 Å². The highest BCUT2D eigenvalue weighted by atomic mass is 16.6. The van der Waals surface area contributed by atoms with Crippen molar-refractivity contribution >= 4 is 17.8 Å². The quantitative estimate of drug-likeness (QED) is 0.566. The lowest BCUT2D eigenvalue weighted by Crippen LogP contribution is -2.50. The molecule has 0 N–H and O–H groups in total. The minimum Gasteiger partial charge on any atom is -0.441 e. The van der Waals surface area contributed by atoms with E-state index >= 15 is 0 Å². The molecule has 3 rings (SSSR count). The molecule has 0 bridgehead atoms. The maximum atomic E-state index is 12.5. The van der Waals surface area contributed by atoms with Gasteiger partial charge in [-0.25, -0.2) is 4.79 Å². The summed E-state index contributed by atoms with van der Waals surface area (Å²) in [5.41, 5.74) is -0.127. The van der Waals surface area contributed by atoms with Gasteiger partial charge in [0.25, 0.3) is 11.7 Å². The van der Waals surface area contributed by atoms with E-state index in [4.69, 9.17) is 4.74 Å². The molecule has 7 nitrogen and oxygen atoms in total. The van der Waals surface area contributed by atoms with Crippen LogP contribution < -0.4 is 0 Å². The smallest absolute Gasteiger partial charge is 0.410 e. The molecule has 0 aliphatic carbocycles. The number of Topliss-reactive ketones (excluding diaryl/α,β-unsaturated/α-hetero) is 1. The fourth-order valence-corrected chi connectivity index (χ4v) is 4.02. The normalized spacial score (nSPS) is 19.0. The number of amides is 2. The first kappa shape index (κ1) is 19.5. The monoisotopic (exact) mass is 375 g/mol. The van der Waals surface area contributed by atoms with Crippen molar-refractivity contribution in [3.8, 4) is 0 Å². The van der Waals surface area contributed by atoms with Crippen LogP contribution in [0.25, 0.3) is 0 Å². The molecule has 0 radical (unpaired) electrons. The zero-order chi connectivity index (χ0) is 19.6. The summed E-state index contributed by atoms with van der Waals surface area (Å²) in [6.07, 6.45) is 4.72. The third-order valence-corrected chi connectivity index (χ3v) is 6.01. The van der Waals surface area contributed by atoms with Crippen molar-refractivity contribution < 1.29 is 19.1 Å². The third-order valence-electron chi connectivity index (χ3n) is 6.01. The van der Waals surface area contributed by atoms with Gasteiger partial charge >= 0.3 is 6.09 Å². The molecule has 2 aliphatic heterocycles. The Morgan fingerprint density at radius 1 is 1.22 bits per heavy atom. The topological polar surface area (TPSA) is 71.8 Å². The Hall–Kier alpha value is -2.31. The molecule has 148 valence electrons. The zero-order valence-electron chi connectivity index (χ0n) is 16.4. The molecule has 1 aromatic heterocycles. The van der Waals surface area contributed by atoms with Crippen molar-refractivity contribution in [3.63, 3.8) is 0 Å². The highest BCUT2D eigenvalue weighted by Gasteiger charge is 2.48. The van der Waals surface area contributed by atoms with Crippen LogP contribution in [0.2, 0.25) is 0 Å². The standard InChI is InChI=1S/C20H29N3O4/c1-4-15(5-2)13-23-14-20(27-19(23)26)8-11-22(12-9-20)18(25)17(24)16-7-6-10-21(16)3/h6-7,10,15H,4-5,8-9,11-14H2,1-3H3. The van der Waals surface area contributed by atoms with E-state index in [1.54, 1.807) is 34.8 Å². The Labute approximate surface area is 160 Å². The van der Waals surface area contributed by atoms with E-state index in [1.165, 1.54) is 0 Å². The Balaban J connectivity index is 1.58. The molecule has 7 heteroatoms. The van der Waals surface area contributed by atoms with Crippen molar-refractivity contribution in [2.45, 2.75) is 45.1 Å². The van der Waals surface area contributed by atoms with E-state index in [9.17, 15) is 14.4 Å². The van der Waals surface area contributed by atoms with Crippen molar-refractivity contribution in [3.05, 3.63) is 24.0 Å². The van der Waals surface area contributed by atoms with Crippen LogP contribution in [0.4, 0.5) is 4.79 Å². The lowest BCUT2D eigenvalue weighted by atomic mass is 9.90. The minimum absolute atomic E-state index is 0.249. The van der Waals surface area contributed by atoms with Gasteiger partial charge in [-0.1, -0.05) is 26.7 Å². The molecule has 2 aliphatic rings. The van der Waals surface area contributed by atoms with Crippen LogP contribution in [-0.4, -0.2) is 63.9 Å². The van der Waals surface area contributed by atoms with Crippen LogP contribution in [0, 0.1) is 5.92 Å². The van der Waals surface area contributed by atoms with Gasteiger partial charge in [0, 0.05) is 45.7 Å². The number of carbonyl (C=O) groups excluding carboxylic acids is 3. The zero-order valence-corrected chi connectivity index (χ0v) is 16.4. The van der Waals surface area contributed by atoms with E-state index < -0.39 is 17.3 Å². The second-order valence-electron chi connectivity index (χ2n) is 7.74. The number of ketones is 1. The molecule has 1 aromatic rings. The molecule has 2 amide bonds. The van der Waals surface area contributed by atoms with E-state index in [0.29, 0.717) is 44.1 Å². The molecule has 0 atom stereocenters. The van der Waals surface area contributed by atoms with Gasteiger partial charge in [0.1, 0.15) is 5.60 Å². The minimum atomic E-state index is -0.520. The van der Waals surface area contributed by atoms with Gasteiger partial charge in [-0.2, -0.15) is 0 Å². The predicted octanol–water partition coefficient (Wildman–Crippen LogP) is 2.46. The number of hydrogen-bond acceptors (Lipinski definition) is 4. The summed E-state index contributed by atoms with van der Waals surface area (Å²) in [4.78, 5) is 40.7. The SMILES string of the molecule is CCC(CC)CN1CC2(CCN(C(=O)C(=O)c3cccn3C)CC2)OC1=O. The van der Waals surface area contributed by atoms with Crippen LogP contribution in [0.5, 0.6) is 0 Å². The fraction of sp³-hybridized carbons (Fsp3) is 0.650. The van der Waals surface area contributed by atoms with Gasteiger partial charge in [0.05, 0.1) is 12.2 Å². The lowest BCUT2D eigenvalue weighted by molar-refractivity contribution is -0.129. The van der Waals surface area contributed by atoms with Crippen LogP contribution in [0.3, 0.4) is 0 Å². The number of aromatic nitrogens is 1. The van der Waals surface area contributed by atoms with Crippen LogP contribution in [-0.2, 0) is 16.6 Å². The molecule has 0 unspecified atom stereocenters. The summed E-state index contributed by atoms with van der Waals surface area (Å²) >= 11 is 0. The van der Waals surface area contributed by atoms with Gasteiger partial charge in [-0.05, 0) is 18.1 Å². The van der Waals surface area contributed by atoms with E-state index in [0.717, 1.165) is 19.4 Å². The molecule has 2 fully saturated rings. The highest BCUT2D eigenvalue weighted by Crippen LogP contribution is 2.34. The summed E-state index contributed by atoms with van der Waals surface area (Å²) in [5, 5.41) is 0. The summed E-state index contributed by atoms with van der Waals surface area (Å²) in [6.45, 7) is 6.44. The largest absolute Gasteiger partial charge is 0.441 e. The van der Waals surface area contributed by atoms with E-state index in [1.807, 2.05) is 4.90 Å². The fourth-order valence-electron chi connectivity index (χ4n) is 4.02. The molecule has 3 heterocycles. The van der Waals surface area contributed by atoms with Gasteiger partial charge in [-0.3, -0.25) is 9.59 Å². The average molecular weight is 375 g/mol. The first-order valence-electron chi connectivity index (χ1n) is 9.82. The lowest BCUT2D eigenvalue weighted by Gasteiger charge is -2.37. The number of likely N-dealkylation sites (tertiary alicyclic amines) is 1. The number of nitrogens with zero attached hydrogens (tertiary/aromatic N) is 3.